The predicted molar refractivity (Wildman–Crippen MR) is 77.4 cm³/mol. The van der Waals surface area contributed by atoms with Crippen LogP contribution in [0.25, 0.3) is 10.8 Å². The van der Waals surface area contributed by atoms with Crippen molar-refractivity contribution >= 4 is 22.6 Å². The summed E-state index contributed by atoms with van der Waals surface area (Å²) in [5.41, 5.74) is 1.03. The van der Waals surface area contributed by atoms with Gasteiger partial charge in [-0.2, -0.15) is 0 Å². The van der Waals surface area contributed by atoms with Gasteiger partial charge in [-0.1, -0.05) is 42.5 Å². The van der Waals surface area contributed by atoms with E-state index < -0.39 is 5.97 Å². The molecule has 20 heavy (non-hydrogen) atoms. The monoisotopic (exact) mass is 271 g/mol. The van der Waals surface area contributed by atoms with Crippen molar-refractivity contribution in [3.63, 3.8) is 0 Å². The molecule has 0 saturated carbocycles. The van der Waals surface area contributed by atoms with Gasteiger partial charge in [0.15, 0.2) is 0 Å². The Balaban J connectivity index is 2.13. The van der Waals surface area contributed by atoms with Gasteiger partial charge in [0.25, 0.3) is 0 Å². The van der Waals surface area contributed by atoms with Crippen LogP contribution in [-0.4, -0.2) is 17.0 Å². The zero-order valence-corrected chi connectivity index (χ0v) is 11.3. The minimum Gasteiger partial charge on any atom is -0.481 e. The normalized spacial score (nSPS) is 12.1. The Hall–Kier alpha value is -2.36. The molecule has 0 spiro atoms. The SMILES string of the molecule is C[C@@H](NC(=O)CCC(=O)O)c1cccc2ccccc12. The van der Waals surface area contributed by atoms with E-state index in [-0.39, 0.29) is 24.8 Å². The first-order chi connectivity index (χ1) is 9.58. The minimum absolute atomic E-state index is 0.00440. The number of nitrogens with one attached hydrogen (secondary N) is 1. The molecular formula is C16H17NO3. The molecule has 0 radical (unpaired) electrons. The van der Waals surface area contributed by atoms with Crippen molar-refractivity contribution < 1.29 is 14.7 Å². The summed E-state index contributed by atoms with van der Waals surface area (Å²) in [6.07, 6.45) is -0.140. The van der Waals surface area contributed by atoms with E-state index in [1.54, 1.807) is 0 Å². The van der Waals surface area contributed by atoms with E-state index in [2.05, 4.69) is 5.32 Å². The third-order valence-corrected chi connectivity index (χ3v) is 3.23. The molecule has 104 valence electrons. The van der Waals surface area contributed by atoms with Crippen molar-refractivity contribution in [2.45, 2.75) is 25.8 Å². The number of fused-ring (bicyclic) bond motifs is 1. The fourth-order valence-electron chi connectivity index (χ4n) is 2.24. The molecule has 2 aromatic rings. The molecular weight excluding hydrogens is 254 g/mol. The molecule has 4 nitrogen and oxygen atoms in total. The molecule has 1 amide bonds. The van der Waals surface area contributed by atoms with Crippen LogP contribution in [0.2, 0.25) is 0 Å². The van der Waals surface area contributed by atoms with Crippen LogP contribution >= 0.6 is 0 Å². The molecule has 0 saturated heterocycles. The predicted octanol–water partition coefficient (Wildman–Crippen LogP) is 2.88. The number of hydrogen-bond donors (Lipinski definition) is 2. The fraction of sp³-hybridized carbons (Fsp3) is 0.250. The number of aliphatic carboxylic acids is 1. The van der Waals surface area contributed by atoms with Crippen molar-refractivity contribution in [1.29, 1.82) is 0 Å². The van der Waals surface area contributed by atoms with Crippen molar-refractivity contribution in [2.75, 3.05) is 0 Å². The van der Waals surface area contributed by atoms with Gasteiger partial charge < -0.3 is 10.4 Å². The molecule has 1 atom stereocenters. The van der Waals surface area contributed by atoms with Gasteiger partial charge >= 0.3 is 5.97 Å². The maximum Gasteiger partial charge on any atom is 0.303 e. The van der Waals surface area contributed by atoms with Crippen molar-refractivity contribution in [1.82, 2.24) is 5.32 Å². The minimum atomic E-state index is -0.960. The Kier molecular flexibility index (Phi) is 4.35. The molecule has 2 N–H and O–H groups in total. The molecule has 0 aromatic heterocycles. The van der Waals surface area contributed by atoms with Gasteiger partial charge in [0.1, 0.15) is 0 Å². The summed E-state index contributed by atoms with van der Waals surface area (Å²) in [4.78, 5) is 22.1. The summed E-state index contributed by atoms with van der Waals surface area (Å²) in [6, 6.07) is 13.8. The standard InChI is InChI=1S/C16H17NO3/c1-11(17-15(18)9-10-16(19)20)13-8-4-6-12-5-2-3-7-14(12)13/h2-8,11H,9-10H2,1H3,(H,17,18)(H,19,20)/t11-/m1/s1. The third kappa shape index (κ3) is 3.35. The first kappa shape index (κ1) is 14.1. The third-order valence-electron chi connectivity index (χ3n) is 3.23. The molecule has 0 aliphatic carbocycles. The lowest BCUT2D eigenvalue weighted by atomic mass is 9.99. The topological polar surface area (TPSA) is 66.4 Å². The molecule has 0 aliphatic rings. The average Bonchev–Trinajstić information content (AvgIpc) is 2.44. The lowest BCUT2D eigenvalue weighted by molar-refractivity contribution is -0.138. The van der Waals surface area contributed by atoms with Gasteiger partial charge in [0.05, 0.1) is 12.5 Å². The first-order valence-corrected chi connectivity index (χ1v) is 6.57. The van der Waals surface area contributed by atoms with Crippen molar-refractivity contribution in [3.8, 4) is 0 Å². The van der Waals surface area contributed by atoms with Crippen LogP contribution in [0, 0.1) is 0 Å². The van der Waals surface area contributed by atoms with Crippen LogP contribution in [0.5, 0.6) is 0 Å². The van der Waals surface area contributed by atoms with Gasteiger partial charge in [-0.25, -0.2) is 0 Å². The van der Waals surface area contributed by atoms with Crippen LogP contribution in [0.15, 0.2) is 42.5 Å². The van der Waals surface area contributed by atoms with Gasteiger partial charge in [-0.05, 0) is 23.3 Å². The maximum atomic E-state index is 11.7. The van der Waals surface area contributed by atoms with Crippen LogP contribution in [0.1, 0.15) is 31.4 Å². The Bertz CT molecular complexity index is 631. The molecule has 0 unspecified atom stereocenters. The number of hydrogen-bond acceptors (Lipinski definition) is 2. The van der Waals surface area contributed by atoms with E-state index in [1.807, 2.05) is 49.4 Å². The average molecular weight is 271 g/mol. The second kappa shape index (κ2) is 6.19. The van der Waals surface area contributed by atoms with Gasteiger partial charge in [0.2, 0.25) is 5.91 Å². The highest BCUT2D eigenvalue weighted by atomic mass is 16.4. The number of benzene rings is 2. The van der Waals surface area contributed by atoms with E-state index >= 15 is 0 Å². The van der Waals surface area contributed by atoms with Crippen LogP contribution in [0.4, 0.5) is 0 Å². The number of carboxylic acids is 1. The zero-order valence-electron chi connectivity index (χ0n) is 11.3. The van der Waals surface area contributed by atoms with Crippen LogP contribution in [0.3, 0.4) is 0 Å². The Morgan fingerprint density at radius 2 is 1.80 bits per heavy atom. The Morgan fingerprint density at radius 3 is 2.55 bits per heavy atom. The number of carboxylic acid groups (broad SMARTS) is 1. The van der Waals surface area contributed by atoms with E-state index in [9.17, 15) is 9.59 Å². The number of rotatable bonds is 5. The lowest BCUT2D eigenvalue weighted by Crippen LogP contribution is -2.27. The highest BCUT2D eigenvalue weighted by molar-refractivity contribution is 5.87. The van der Waals surface area contributed by atoms with Gasteiger partial charge in [-0.3, -0.25) is 9.59 Å². The van der Waals surface area contributed by atoms with Crippen LogP contribution in [-0.2, 0) is 9.59 Å². The molecule has 2 rings (SSSR count). The maximum absolute atomic E-state index is 11.7. The Labute approximate surface area is 117 Å². The summed E-state index contributed by atoms with van der Waals surface area (Å²) in [7, 11) is 0. The number of carbonyl (C=O) groups is 2. The Morgan fingerprint density at radius 1 is 1.10 bits per heavy atom. The summed E-state index contributed by atoms with van der Waals surface area (Å²) in [5.74, 6) is -1.20. The van der Waals surface area contributed by atoms with Gasteiger partial charge in [0, 0.05) is 6.42 Å². The highest BCUT2D eigenvalue weighted by Gasteiger charge is 2.12. The summed E-state index contributed by atoms with van der Waals surface area (Å²) >= 11 is 0. The zero-order chi connectivity index (χ0) is 14.5. The molecule has 2 aromatic carbocycles. The fourth-order valence-corrected chi connectivity index (χ4v) is 2.24. The van der Waals surface area contributed by atoms with E-state index in [1.165, 1.54) is 0 Å². The second-order valence-electron chi connectivity index (χ2n) is 4.75. The lowest BCUT2D eigenvalue weighted by Gasteiger charge is -2.16. The van der Waals surface area contributed by atoms with Crippen molar-refractivity contribution in [3.05, 3.63) is 48.0 Å². The van der Waals surface area contributed by atoms with Gasteiger partial charge in [-0.15, -0.1) is 0 Å². The number of amides is 1. The molecule has 0 aliphatic heterocycles. The highest BCUT2D eigenvalue weighted by Crippen LogP contribution is 2.24. The molecule has 0 fully saturated rings. The smallest absolute Gasteiger partial charge is 0.303 e. The van der Waals surface area contributed by atoms with E-state index in [0.29, 0.717) is 0 Å². The largest absolute Gasteiger partial charge is 0.481 e. The molecule has 4 heteroatoms. The van der Waals surface area contributed by atoms with Crippen molar-refractivity contribution in [2.24, 2.45) is 0 Å². The second-order valence-corrected chi connectivity index (χ2v) is 4.75. The summed E-state index contributed by atoms with van der Waals surface area (Å²) < 4.78 is 0. The van der Waals surface area contributed by atoms with E-state index in [0.717, 1.165) is 16.3 Å². The quantitative estimate of drug-likeness (QED) is 0.878. The van der Waals surface area contributed by atoms with Crippen LogP contribution < -0.4 is 5.32 Å². The summed E-state index contributed by atoms with van der Waals surface area (Å²) in [5, 5.41) is 13.6. The summed E-state index contributed by atoms with van der Waals surface area (Å²) in [6.45, 7) is 1.90. The molecule has 0 heterocycles. The van der Waals surface area contributed by atoms with E-state index in [4.69, 9.17) is 5.11 Å². The number of carbonyl (C=O) groups excluding carboxylic acids is 1. The first-order valence-electron chi connectivity index (χ1n) is 6.57. The molecule has 0 bridgehead atoms.